The molecule has 1 amide bonds. The Morgan fingerprint density at radius 1 is 1.33 bits per heavy atom. The van der Waals surface area contributed by atoms with Crippen LogP contribution in [-0.4, -0.2) is 27.1 Å². The van der Waals surface area contributed by atoms with Gasteiger partial charge in [0, 0.05) is 23.1 Å². The summed E-state index contributed by atoms with van der Waals surface area (Å²) < 4.78 is 32.0. The third-order valence-corrected chi connectivity index (χ3v) is 8.49. The molecule has 7 heteroatoms. The quantitative estimate of drug-likeness (QED) is 0.796. The molecule has 0 spiro atoms. The van der Waals surface area contributed by atoms with E-state index < -0.39 is 10.3 Å². The Labute approximate surface area is 178 Å². The van der Waals surface area contributed by atoms with Gasteiger partial charge in [0.15, 0.2) is 5.75 Å². The number of hydrogen-bond donors (Lipinski definition) is 1. The largest absolute Gasteiger partial charge is 0.428 e. The van der Waals surface area contributed by atoms with E-state index >= 15 is 0 Å². The molecule has 4 atom stereocenters. The van der Waals surface area contributed by atoms with Crippen LogP contribution in [0.15, 0.2) is 28.2 Å². The maximum absolute atomic E-state index is 12.8. The average molecular weight is 429 g/mol. The van der Waals surface area contributed by atoms with E-state index in [4.69, 9.17) is 4.18 Å². The van der Waals surface area contributed by atoms with Gasteiger partial charge in [0.05, 0.1) is 6.21 Å². The van der Waals surface area contributed by atoms with E-state index in [1.807, 2.05) is 6.07 Å². The number of nitrogens with zero attached hydrogens (tertiary/aromatic N) is 1. The monoisotopic (exact) mass is 428 g/mol. The van der Waals surface area contributed by atoms with Crippen molar-refractivity contribution in [3.05, 3.63) is 40.5 Å². The Morgan fingerprint density at radius 3 is 2.97 bits per heavy atom. The van der Waals surface area contributed by atoms with Crippen molar-refractivity contribution in [1.29, 1.82) is 0 Å². The lowest BCUT2D eigenvalue weighted by Gasteiger charge is -2.50. The van der Waals surface area contributed by atoms with E-state index in [9.17, 15) is 13.2 Å². The second-order valence-electron chi connectivity index (χ2n) is 9.32. The first-order valence-corrected chi connectivity index (χ1v) is 12.3. The number of hydrogen-bond acceptors (Lipinski definition) is 4. The molecule has 160 valence electrons. The van der Waals surface area contributed by atoms with Gasteiger partial charge in [-0.25, -0.2) is 0 Å². The van der Waals surface area contributed by atoms with Crippen LogP contribution in [0.5, 0.6) is 5.75 Å². The van der Waals surface area contributed by atoms with Gasteiger partial charge < -0.3 is 9.50 Å². The minimum absolute atomic E-state index is 0.0522. The van der Waals surface area contributed by atoms with Crippen molar-refractivity contribution in [2.45, 2.75) is 58.3 Å². The van der Waals surface area contributed by atoms with Gasteiger partial charge in [-0.05, 0) is 79.5 Å². The molecule has 1 heterocycles. The highest BCUT2D eigenvalue weighted by Crippen LogP contribution is 2.61. The second-order valence-corrected chi connectivity index (χ2v) is 10.5. The molecular weight excluding hydrogens is 400 g/mol. The SMILES string of the molecule is CCCNC(=O)C1=CCC2C3CCc4cc5c(cc4C3CC[C@]12C)C=NS(=O)(=O)O5. The summed E-state index contributed by atoms with van der Waals surface area (Å²) >= 11 is 0. The van der Waals surface area contributed by atoms with Gasteiger partial charge in [-0.2, -0.15) is 8.42 Å². The maximum Gasteiger partial charge on any atom is 0.428 e. The molecule has 1 fully saturated rings. The van der Waals surface area contributed by atoms with Gasteiger partial charge in [-0.3, -0.25) is 4.79 Å². The molecule has 0 radical (unpaired) electrons. The number of benzene rings is 1. The van der Waals surface area contributed by atoms with E-state index in [2.05, 4.69) is 35.7 Å². The Bertz CT molecular complexity index is 1070. The van der Waals surface area contributed by atoms with Crippen LogP contribution in [0.25, 0.3) is 0 Å². The van der Waals surface area contributed by atoms with E-state index in [0.717, 1.165) is 56.2 Å². The van der Waals surface area contributed by atoms with E-state index in [1.165, 1.54) is 17.3 Å². The van der Waals surface area contributed by atoms with Crippen molar-refractivity contribution in [3.63, 3.8) is 0 Å². The van der Waals surface area contributed by atoms with Crippen molar-refractivity contribution < 1.29 is 17.4 Å². The minimum Gasteiger partial charge on any atom is -0.365 e. The number of allylic oxidation sites excluding steroid dienone is 1. The maximum atomic E-state index is 12.8. The zero-order valence-electron chi connectivity index (χ0n) is 17.5. The summed E-state index contributed by atoms with van der Waals surface area (Å²) in [5.41, 5.74) is 4.17. The van der Waals surface area contributed by atoms with Crippen LogP contribution in [0, 0.1) is 17.3 Å². The highest BCUT2D eigenvalue weighted by atomic mass is 32.2. The first kappa shape index (κ1) is 19.8. The topological polar surface area (TPSA) is 84.8 Å². The van der Waals surface area contributed by atoms with Crippen LogP contribution in [0.4, 0.5) is 0 Å². The van der Waals surface area contributed by atoms with E-state index in [0.29, 0.717) is 23.5 Å². The molecule has 1 aromatic carbocycles. The number of rotatable bonds is 3. The van der Waals surface area contributed by atoms with Crippen LogP contribution >= 0.6 is 0 Å². The fourth-order valence-corrected chi connectivity index (χ4v) is 6.96. The van der Waals surface area contributed by atoms with E-state index in [1.54, 1.807) is 0 Å². The normalized spacial score (nSPS) is 32.7. The fourth-order valence-electron chi connectivity index (χ4n) is 6.30. The van der Waals surface area contributed by atoms with Gasteiger partial charge in [0.1, 0.15) is 0 Å². The lowest BCUT2D eigenvalue weighted by molar-refractivity contribution is -0.119. The average Bonchev–Trinajstić information content (AvgIpc) is 3.07. The standard InChI is InChI=1S/C23H28N2O4S/c1-3-10-24-22(26)20-7-6-19-17-5-4-14-12-21-15(13-25-30(27,28)29-21)11-18(14)16(17)8-9-23(19,20)2/h7,11-13,16-17,19H,3-6,8-10H2,1-2H3,(H,24,26)/t16?,17?,19?,23-/m0/s1. The molecular formula is C23H28N2O4S. The first-order valence-electron chi connectivity index (χ1n) is 11.0. The van der Waals surface area contributed by atoms with Gasteiger partial charge >= 0.3 is 10.3 Å². The lowest BCUT2D eigenvalue weighted by atomic mass is 9.54. The Hall–Kier alpha value is -2.15. The molecule has 6 nitrogen and oxygen atoms in total. The molecule has 30 heavy (non-hydrogen) atoms. The van der Waals surface area contributed by atoms with Gasteiger partial charge in [-0.1, -0.05) is 19.9 Å². The van der Waals surface area contributed by atoms with Crippen LogP contribution in [0.2, 0.25) is 0 Å². The van der Waals surface area contributed by atoms with Crippen molar-refractivity contribution in [2.75, 3.05) is 6.54 Å². The summed E-state index contributed by atoms with van der Waals surface area (Å²) in [5, 5.41) is 3.08. The molecule has 1 aliphatic heterocycles. The Kier molecular flexibility index (Phi) is 4.58. The molecule has 1 saturated carbocycles. The predicted octanol–water partition coefficient (Wildman–Crippen LogP) is 3.66. The second kappa shape index (κ2) is 6.94. The molecule has 4 aliphatic rings. The minimum atomic E-state index is -3.86. The van der Waals surface area contributed by atoms with Gasteiger partial charge in [0.2, 0.25) is 5.91 Å². The third kappa shape index (κ3) is 3.01. The van der Waals surface area contributed by atoms with Crippen LogP contribution < -0.4 is 9.50 Å². The number of amides is 1. The molecule has 3 aliphatic carbocycles. The van der Waals surface area contributed by atoms with Crippen LogP contribution in [0.1, 0.15) is 68.6 Å². The molecule has 5 rings (SSSR count). The van der Waals surface area contributed by atoms with Crippen molar-refractivity contribution in [1.82, 2.24) is 5.32 Å². The molecule has 0 aromatic heterocycles. The van der Waals surface area contributed by atoms with Gasteiger partial charge in [0.25, 0.3) is 0 Å². The molecule has 3 unspecified atom stereocenters. The smallest absolute Gasteiger partial charge is 0.365 e. The predicted molar refractivity (Wildman–Crippen MR) is 115 cm³/mol. The highest BCUT2D eigenvalue weighted by Gasteiger charge is 2.53. The number of fused-ring (bicyclic) bond motifs is 6. The summed E-state index contributed by atoms with van der Waals surface area (Å²) in [4.78, 5) is 12.8. The van der Waals surface area contributed by atoms with Crippen molar-refractivity contribution >= 4 is 22.4 Å². The summed E-state index contributed by atoms with van der Waals surface area (Å²) in [6.07, 6.45) is 9.51. The fraction of sp³-hybridized carbons (Fsp3) is 0.565. The summed E-state index contributed by atoms with van der Waals surface area (Å²) in [6, 6.07) is 3.98. The number of nitrogens with one attached hydrogen (secondary N) is 1. The number of aryl methyl sites for hydroxylation is 1. The Morgan fingerprint density at radius 2 is 2.17 bits per heavy atom. The zero-order valence-corrected chi connectivity index (χ0v) is 18.3. The highest BCUT2D eigenvalue weighted by molar-refractivity contribution is 7.86. The number of carbonyl (C=O) groups excluding carboxylic acids is 1. The van der Waals surface area contributed by atoms with E-state index in [-0.39, 0.29) is 11.3 Å². The van der Waals surface area contributed by atoms with Crippen molar-refractivity contribution in [3.8, 4) is 5.75 Å². The summed E-state index contributed by atoms with van der Waals surface area (Å²) in [6.45, 7) is 5.08. The molecule has 0 saturated heterocycles. The zero-order chi connectivity index (χ0) is 21.1. The molecule has 1 N–H and O–H groups in total. The Balaban J connectivity index is 1.43. The number of carbonyl (C=O) groups is 1. The molecule has 1 aromatic rings. The molecule has 0 bridgehead atoms. The summed E-state index contributed by atoms with van der Waals surface area (Å²) in [7, 11) is -3.86. The van der Waals surface area contributed by atoms with Gasteiger partial charge in [-0.15, -0.1) is 4.40 Å². The first-order chi connectivity index (χ1) is 14.3. The lowest BCUT2D eigenvalue weighted by Crippen LogP contribution is -2.44. The van der Waals surface area contributed by atoms with Crippen LogP contribution in [-0.2, 0) is 21.5 Å². The summed E-state index contributed by atoms with van der Waals surface area (Å²) in [5.74, 6) is 1.95. The van der Waals surface area contributed by atoms with Crippen molar-refractivity contribution in [2.24, 2.45) is 21.6 Å². The van der Waals surface area contributed by atoms with Crippen LogP contribution in [0.3, 0.4) is 0 Å². The third-order valence-electron chi connectivity index (χ3n) is 7.73.